The van der Waals surface area contributed by atoms with Crippen LogP contribution in [-0.4, -0.2) is 67.4 Å². The normalized spacial score (nSPS) is 32.1. The average molecular weight is 693 g/mol. The van der Waals surface area contributed by atoms with Gasteiger partial charge in [-0.05, 0) is 53.3 Å². The van der Waals surface area contributed by atoms with Crippen LogP contribution in [0.2, 0.25) is 0 Å². The van der Waals surface area contributed by atoms with Crippen molar-refractivity contribution < 1.29 is 19.2 Å². The Morgan fingerprint density at radius 1 is 0.635 bits per heavy atom. The van der Waals surface area contributed by atoms with Gasteiger partial charge in [0.05, 0.1) is 37.2 Å². The van der Waals surface area contributed by atoms with E-state index in [4.69, 9.17) is 0 Å². The van der Waals surface area contributed by atoms with E-state index in [0.29, 0.717) is 23.7 Å². The first kappa shape index (κ1) is 33.6. The van der Waals surface area contributed by atoms with Gasteiger partial charge in [-0.25, -0.2) is 0 Å². The topological polar surface area (TPSA) is 66.2 Å². The molecule has 2 N–H and O–H groups in total. The number of benzene rings is 3. The summed E-state index contributed by atoms with van der Waals surface area (Å²) in [6.07, 6.45) is 11.3. The molecule has 6 aliphatic heterocycles. The number of nitrogens with zero attached hydrogens (tertiary/aromatic N) is 4. The first-order chi connectivity index (χ1) is 25.4. The summed E-state index contributed by atoms with van der Waals surface area (Å²) in [7, 11) is 0. The van der Waals surface area contributed by atoms with Gasteiger partial charge in [0, 0.05) is 71.8 Å². The monoisotopic (exact) mass is 692 g/mol. The van der Waals surface area contributed by atoms with Gasteiger partial charge in [0.1, 0.15) is 37.4 Å². The standard InChI is InChI=1S/C46H52N4O2/c1-3-33-29-49(22-18-35(33)25-43(49)45(51)39-16-20-47-41-14-7-5-12-37(39)41)27-31-10-9-11-32(24-31)28-50-23-19-36(34(4-2)30-50)26-44(50)46(52)40-17-21-48-42-15-8-6-13-38(40)42/h3-17,20-21,24,33-36,43-46,51-52H,1-2,18-19,22-23,25-30H2/q+2/t33?,34?,35?,36?,43?,44?,45-,46-,49?,50?/m0/s1. The second-order valence-electron chi connectivity index (χ2n) is 16.6. The van der Waals surface area contributed by atoms with Gasteiger partial charge in [-0.15, -0.1) is 13.2 Å². The van der Waals surface area contributed by atoms with Crippen molar-refractivity contribution in [3.63, 3.8) is 0 Å². The number of aliphatic hydroxyl groups excluding tert-OH is 2. The Labute approximate surface area is 308 Å². The number of rotatable bonds is 10. The van der Waals surface area contributed by atoms with Gasteiger partial charge in [0.2, 0.25) is 0 Å². The van der Waals surface area contributed by atoms with Crippen LogP contribution in [-0.2, 0) is 13.1 Å². The Hall–Kier alpha value is -4.20. The van der Waals surface area contributed by atoms with Gasteiger partial charge in [-0.2, -0.15) is 0 Å². The number of aromatic nitrogens is 2. The Bertz CT molecular complexity index is 1980. The van der Waals surface area contributed by atoms with Crippen LogP contribution in [0.3, 0.4) is 0 Å². The summed E-state index contributed by atoms with van der Waals surface area (Å²) in [5.74, 6) is 2.05. The third-order valence-electron chi connectivity index (χ3n) is 14.1. The highest BCUT2D eigenvalue weighted by atomic mass is 16.3. The average Bonchev–Trinajstić information content (AvgIpc) is 3.19. The van der Waals surface area contributed by atoms with E-state index < -0.39 is 12.2 Å². The quantitative estimate of drug-likeness (QED) is 0.115. The van der Waals surface area contributed by atoms with Crippen molar-refractivity contribution in [3.8, 4) is 0 Å². The number of hydrogen-bond acceptors (Lipinski definition) is 4. The van der Waals surface area contributed by atoms with E-state index in [1.54, 1.807) is 0 Å². The molecular formula is C46H52N4O2+2. The second kappa shape index (κ2) is 13.3. The zero-order chi connectivity index (χ0) is 35.5. The fraction of sp³-hybridized carbons (Fsp3) is 0.391. The van der Waals surface area contributed by atoms with Crippen molar-refractivity contribution in [1.29, 1.82) is 0 Å². The molecule has 8 unspecified atom stereocenters. The van der Waals surface area contributed by atoms with E-state index in [0.717, 1.165) is 94.0 Å². The summed E-state index contributed by atoms with van der Waals surface area (Å²) in [5, 5.41) is 26.7. The molecule has 5 aromatic rings. The first-order valence-corrected chi connectivity index (χ1v) is 19.5. The first-order valence-electron chi connectivity index (χ1n) is 19.5. The molecule has 6 saturated heterocycles. The van der Waals surface area contributed by atoms with Gasteiger partial charge >= 0.3 is 0 Å². The molecule has 0 radical (unpaired) electrons. The molecule has 6 fully saturated rings. The number of pyridine rings is 2. The Balaban J connectivity index is 1.04. The fourth-order valence-electron chi connectivity index (χ4n) is 11.5. The molecule has 3 aromatic carbocycles. The second-order valence-corrected chi connectivity index (χ2v) is 16.6. The lowest BCUT2D eigenvalue weighted by atomic mass is 9.71. The molecule has 6 nitrogen and oxygen atoms in total. The zero-order valence-electron chi connectivity index (χ0n) is 30.2. The van der Waals surface area contributed by atoms with E-state index in [1.165, 1.54) is 24.0 Å². The number of quaternary nitrogens is 2. The predicted octanol–water partition coefficient (Wildman–Crippen LogP) is 8.07. The molecule has 11 rings (SSSR count). The van der Waals surface area contributed by atoms with Gasteiger partial charge in [-0.3, -0.25) is 9.97 Å². The molecule has 6 aliphatic rings. The van der Waals surface area contributed by atoms with Crippen LogP contribution < -0.4 is 0 Å². The fourth-order valence-corrected chi connectivity index (χ4v) is 11.5. The Morgan fingerprint density at radius 2 is 1.10 bits per heavy atom. The van der Waals surface area contributed by atoms with Crippen molar-refractivity contribution in [2.24, 2.45) is 23.7 Å². The summed E-state index contributed by atoms with van der Waals surface area (Å²) in [6, 6.07) is 30.0. The maximum absolute atomic E-state index is 12.3. The molecule has 6 heteroatoms. The smallest absolute Gasteiger partial charge is 0.131 e. The van der Waals surface area contributed by atoms with E-state index in [2.05, 4.69) is 71.7 Å². The molecule has 2 aromatic heterocycles. The number of para-hydroxylation sites is 2. The van der Waals surface area contributed by atoms with Crippen molar-refractivity contribution in [1.82, 2.24) is 9.97 Å². The molecule has 0 amide bonds. The molecular weight excluding hydrogens is 641 g/mol. The number of fused-ring (bicyclic) bond motifs is 8. The van der Waals surface area contributed by atoms with Crippen molar-refractivity contribution in [2.45, 2.75) is 63.1 Å². The summed E-state index contributed by atoms with van der Waals surface area (Å²) in [4.78, 5) is 9.21. The van der Waals surface area contributed by atoms with E-state index in [9.17, 15) is 10.2 Å². The van der Waals surface area contributed by atoms with Gasteiger partial charge in [0.15, 0.2) is 0 Å². The predicted molar refractivity (Wildman–Crippen MR) is 208 cm³/mol. The lowest BCUT2D eigenvalue weighted by molar-refractivity contribution is -0.985. The molecule has 0 spiro atoms. The van der Waals surface area contributed by atoms with E-state index in [-0.39, 0.29) is 12.1 Å². The molecule has 266 valence electrons. The highest BCUT2D eigenvalue weighted by Gasteiger charge is 2.55. The van der Waals surface area contributed by atoms with Crippen LogP contribution >= 0.6 is 0 Å². The zero-order valence-corrected chi connectivity index (χ0v) is 30.2. The highest BCUT2D eigenvalue weighted by molar-refractivity contribution is 5.83. The van der Waals surface area contributed by atoms with Crippen LogP contribution in [0.25, 0.3) is 21.8 Å². The van der Waals surface area contributed by atoms with Crippen LogP contribution in [0.4, 0.5) is 0 Å². The number of hydrogen-bond donors (Lipinski definition) is 2. The minimum absolute atomic E-state index is 0.107. The molecule has 0 aliphatic carbocycles. The molecule has 0 saturated carbocycles. The largest absolute Gasteiger partial charge is 0.382 e. The van der Waals surface area contributed by atoms with Crippen molar-refractivity contribution >= 4 is 21.8 Å². The third kappa shape index (κ3) is 5.63. The van der Waals surface area contributed by atoms with Crippen LogP contribution in [0.5, 0.6) is 0 Å². The summed E-state index contributed by atoms with van der Waals surface area (Å²) < 4.78 is 1.76. The Kier molecular flexibility index (Phi) is 8.62. The van der Waals surface area contributed by atoms with Crippen LogP contribution in [0, 0.1) is 23.7 Å². The molecule has 8 heterocycles. The molecule has 4 bridgehead atoms. The lowest BCUT2D eigenvalue weighted by Crippen LogP contribution is -2.67. The van der Waals surface area contributed by atoms with Gasteiger partial charge in [-0.1, -0.05) is 66.7 Å². The minimum atomic E-state index is -0.569. The minimum Gasteiger partial charge on any atom is -0.382 e. The highest BCUT2D eigenvalue weighted by Crippen LogP contribution is 2.50. The van der Waals surface area contributed by atoms with Crippen molar-refractivity contribution in [2.75, 3.05) is 26.2 Å². The maximum Gasteiger partial charge on any atom is 0.131 e. The van der Waals surface area contributed by atoms with Crippen molar-refractivity contribution in [3.05, 3.63) is 145 Å². The summed E-state index contributed by atoms with van der Waals surface area (Å²) in [6.45, 7) is 14.5. The van der Waals surface area contributed by atoms with Gasteiger partial charge < -0.3 is 19.2 Å². The maximum atomic E-state index is 12.3. The van der Waals surface area contributed by atoms with E-state index in [1.807, 2.05) is 60.9 Å². The number of aliphatic hydroxyl groups is 2. The molecule has 52 heavy (non-hydrogen) atoms. The number of piperidine rings is 6. The third-order valence-corrected chi connectivity index (χ3v) is 14.1. The van der Waals surface area contributed by atoms with Crippen LogP contribution in [0.1, 0.15) is 60.1 Å². The summed E-state index contributed by atoms with van der Waals surface area (Å²) >= 11 is 0. The van der Waals surface area contributed by atoms with Crippen LogP contribution in [0.15, 0.2) is 123 Å². The summed E-state index contributed by atoms with van der Waals surface area (Å²) in [5.41, 5.74) is 6.54. The van der Waals surface area contributed by atoms with Gasteiger partial charge in [0.25, 0.3) is 0 Å². The molecule has 10 atom stereocenters. The lowest BCUT2D eigenvalue weighted by Gasteiger charge is -2.58. The Morgan fingerprint density at radius 3 is 1.56 bits per heavy atom. The van der Waals surface area contributed by atoms with E-state index >= 15 is 0 Å². The SMILES string of the molecule is C=CC1C[N+]2(Cc3cccc(C[N+]45CCC(CC4[C@@H](O)c4ccnc6ccccc46)C(C=C)C5)c3)CCC1CC2[C@@H](O)c1ccnc2ccccc12.